The summed E-state index contributed by atoms with van der Waals surface area (Å²) in [5.41, 5.74) is 15.1. The number of carbonyl (C=O) groups excluding carboxylic acids is 2. The zero-order chi connectivity index (χ0) is 32.1. The van der Waals surface area contributed by atoms with Crippen molar-refractivity contribution in [1.82, 2.24) is 24.5 Å². The summed E-state index contributed by atoms with van der Waals surface area (Å²) in [7, 11) is 0. The molecule has 2 aromatic heterocycles. The first-order valence-corrected chi connectivity index (χ1v) is 16.1. The minimum Gasteiger partial charge on any atom is -0.463 e. The molecule has 5 rings (SSSR count). The van der Waals surface area contributed by atoms with Gasteiger partial charge in [-0.1, -0.05) is 42.2 Å². The van der Waals surface area contributed by atoms with E-state index in [1.165, 1.54) is 18.0 Å². The number of benzene rings is 1. The summed E-state index contributed by atoms with van der Waals surface area (Å²) in [5.74, 6) is 7.35. The number of allylic oxidation sites excluding steroid dienone is 2. The molecule has 0 bridgehead atoms. The summed E-state index contributed by atoms with van der Waals surface area (Å²) >= 11 is 1.27. The highest BCUT2D eigenvalue weighted by Crippen LogP contribution is 2.19. The van der Waals surface area contributed by atoms with E-state index < -0.39 is 0 Å². The maximum absolute atomic E-state index is 13.3. The number of nitrogens with one attached hydrogen (secondary N) is 1. The lowest BCUT2D eigenvalue weighted by Crippen LogP contribution is -2.49. The number of pyridine rings is 2. The van der Waals surface area contributed by atoms with Crippen LogP contribution < -0.4 is 20.9 Å². The topological polar surface area (TPSA) is 149 Å². The first-order chi connectivity index (χ1) is 22.4. The van der Waals surface area contributed by atoms with Crippen LogP contribution in [0.25, 0.3) is 0 Å². The van der Waals surface area contributed by atoms with Crippen molar-refractivity contribution >= 4 is 23.8 Å². The summed E-state index contributed by atoms with van der Waals surface area (Å²) in [5, 5.41) is 0. The predicted molar refractivity (Wildman–Crippen MR) is 177 cm³/mol. The fourth-order valence-corrected chi connectivity index (χ4v) is 5.48. The Morgan fingerprint density at radius 2 is 1.67 bits per heavy atom. The van der Waals surface area contributed by atoms with Crippen molar-refractivity contribution in [2.24, 2.45) is 11.5 Å². The van der Waals surface area contributed by atoms with E-state index in [0.717, 1.165) is 24.8 Å². The van der Waals surface area contributed by atoms with Gasteiger partial charge in [-0.05, 0) is 54.6 Å². The van der Waals surface area contributed by atoms with Crippen LogP contribution in [-0.2, 0) is 15.3 Å². The lowest BCUT2D eigenvalue weighted by Gasteiger charge is -2.36. The monoisotopic (exact) mass is 639 g/mol. The summed E-state index contributed by atoms with van der Waals surface area (Å²) in [6, 6.07) is 13.4. The SMILES string of the molecule is N/C(=C\C=C(/N)N1CCN(C(=O)c2cncc(C#Cc3cncc(OC4CCCCO4)c3)c2)CC1)C(=O)NSCc1ccccc1. The van der Waals surface area contributed by atoms with Gasteiger partial charge >= 0.3 is 0 Å². The molecular weight excluding hydrogens is 602 g/mol. The molecule has 238 valence electrons. The first kappa shape index (κ1) is 32.4. The Morgan fingerprint density at radius 3 is 2.41 bits per heavy atom. The van der Waals surface area contributed by atoms with Gasteiger partial charge in [-0.3, -0.25) is 24.3 Å². The summed E-state index contributed by atoms with van der Waals surface area (Å²) < 4.78 is 14.3. The molecular formula is C34H37N7O4S. The molecule has 0 radical (unpaired) electrons. The molecule has 1 unspecified atom stereocenters. The van der Waals surface area contributed by atoms with Crippen LogP contribution in [0.1, 0.15) is 46.3 Å². The van der Waals surface area contributed by atoms with E-state index in [4.69, 9.17) is 20.9 Å². The van der Waals surface area contributed by atoms with Crippen LogP contribution in [0, 0.1) is 11.8 Å². The number of carbonyl (C=O) groups is 2. The first-order valence-electron chi connectivity index (χ1n) is 15.1. The second-order valence-electron chi connectivity index (χ2n) is 10.7. The zero-order valence-electron chi connectivity index (χ0n) is 25.4. The van der Waals surface area contributed by atoms with Gasteiger partial charge in [-0.25, -0.2) is 0 Å². The third-order valence-corrected chi connectivity index (χ3v) is 8.14. The van der Waals surface area contributed by atoms with E-state index in [1.807, 2.05) is 41.3 Å². The van der Waals surface area contributed by atoms with Crippen LogP contribution in [0.3, 0.4) is 0 Å². The third kappa shape index (κ3) is 9.50. The molecule has 3 aromatic rings. The number of nitrogens with two attached hydrogens (primary N) is 2. The summed E-state index contributed by atoms with van der Waals surface area (Å²) in [4.78, 5) is 37.8. The molecule has 12 heteroatoms. The van der Waals surface area contributed by atoms with Gasteiger partial charge in [-0.2, -0.15) is 0 Å². The minimum absolute atomic E-state index is 0.0548. The molecule has 0 aliphatic carbocycles. The Balaban J connectivity index is 1.10. The quantitative estimate of drug-likeness (QED) is 0.138. The van der Waals surface area contributed by atoms with Gasteiger partial charge in [0.25, 0.3) is 11.8 Å². The highest BCUT2D eigenvalue weighted by molar-refractivity contribution is 7.97. The number of amides is 2. The van der Waals surface area contributed by atoms with Gasteiger partial charge in [0.1, 0.15) is 5.75 Å². The predicted octanol–water partition coefficient (Wildman–Crippen LogP) is 3.15. The Labute approximate surface area is 273 Å². The maximum Gasteiger partial charge on any atom is 0.276 e. The average Bonchev–Trinajstić information content (AvgIpc) is 3.10. The number of rotatable bonds is 9. The molecule has 1 aromatic carbocycles. The molecule has 2 saturated heterocycles. The molecule has 2 aliphatic heterocycles. The van der Waals surface area contributed by atoms with Crippen molar-refractivity contribution in [1.29, 1.82) is 0 Å². The lowest BCUT2D eigenvalue weighted by molar-refractivity contribution is -0.115. The van der Waals surface area contributed by atoms with Gasteiger partial charge < -0.3 is 30.7 Å². The van der Waals surface area contributed by atoms with Crippen LogP contribution in [-0.4, -0.2) is 70.7 Å². The van der Waals surface area contributed by atoms with E-state index in [1.54, 1.807) is 41.8 Å². The lowest BCUT2D eigenvalue weighted by atomic mass is 10.1. The Bertz CT molecular complexity index is 1620. The van der Waals surface area contributed by atoms with Crippen LogP contribution in [0.5, 0.6) is 5.75 Å². The highest BCUT2D eigenvalue weighted by atomic mass is 32.2. The summed E-state index contributed by atoms with van der Waals surface area (Å²) in [6.07, 6.45) is 12.3. The Hall–Kier alpha value is -4.99. The van der Waals surface area contributed by atoms with Crippen molar-refractivity contribution in [2.45, 2.75) is 31.3 Å². The van der Waals surface area contributed by atoms with E-state index in [2.05, 4.69) is 26.5 Å². The van der Waals surface area contributed by atoms with E-state index in [0.29, 0.717) is 66.8 Å². The van der Waals surface area contributed by atoms with Gasteiger partial charge in [0.2, 0.25) is 0 Å². The van der Waals surface area contributed by atoms with Gasteiger partial charge in [0.15, 0.2) is 6.29 Å². The molecule has 5 N–H and O–H groups in total. The number of nitrogens with zero attached hydrogens (tertiary/aromatic N) is 4. The maximum atomic E-state index is 13.3. The number of hydrogen-bond acceptors (Lipinski definition) is 10. The van der Waals surface area contributed by atoms with Crippen LogP contribution in [0.4, 0.5) is 0 Å². The fourth-order valence-electron chi connectivity index (χ4n) is 4.80. The molecule has 11 nitrogen and oxygen atoms in total. The third-order valence-electron chi connectivity index (χ3n) is 7.33. The van der Waals surface area contributed by atoms with Crippen LogP contribution in [0.2, 0.25) is 0 Å². The van der Waals surface area contributed by atoms with Crippen molar-refractivity contribution in [3.8, 4) is 17.6 Å². The largest absolute Gasteiger partial charge is 0.463 e. The molecule has 0 saturated carbocycles. The van der Waals surface area contributed by atoms with Crippen molar-refractivity contribution in [3.05, 3.63) is 113 Å². The van der Waals surface area contributed by atoms with Crippen LogP contribution in [0.15, 0.2) is 90.9 Å². The molecule has 2 amide bonds. The number of hydrogen-bond donors (Lipinski definition) is 3. The van der Waals surface area contributed by atoms with Crippen molar-refractivity contribution < 1.29 is 19.1 Å². The van der Waals surface area contributed by atoms with Crippen molar-refractivity contribution in [3.63, 3.8) is 0 Å². The second kappa shape index (κ2) is 16.4. The smallest absolute Gasteiger partial charge is 0.276 e. The zero-order valence-corrected chi connectivity index (χ0v) is 26.2. The van der Waals surface area contributed by atoms with Crippen molar-refractivity contribution in [2.75, 3.05) is 32.8 Å². The van der Waals surface area contributed by atoms with Gasteiger partial charge in [0.05, 0.1) is 29.9 Å². The molecule has 1 atom stereocenters. The van der Waals surface area contributed by atoms with Crippen LogP contribution >= 0.6 is 11.9 Å². The molecule has 0 spiro atoms. The standard InChI is InChI=1S/C34H37N7O4S/c35-30(33(42)39-46-24-25-6-2-1-3-7-25)11-12-31(36)40-13-15-41(16-14-40)34(43)28-18-26(20-37-22-28)9-10-27-19-29(23-38-21-27)45-32-8-4-5-17-44-32/h1-3,6-7,11-12,18-23,32H,4-5,8,13-17,24,35-36H2,(H,39,42)/b30-11-,31-12+. The number of ether oxygens (including phenoxy) is 2. The fraction of sp³-hybridized carbons (Fsp3) is 0.294. The van der Waals surface area contributed by atoms with Gasteiger partial charge in [0, 0.05) is 68.1 Å². The molecule has 4 heterocycles. The van der Waals surface area contributed by atoms with E-state index >= 15 is 0 Å². The average molecular weight is 640 g/mol. The normalized spacial score (nSPS) is 17.1. The minimum atomic E-state index is -0.384. The number of piperazine rings is 1. The molecule has 46 heavy (non-hydrogen) atoms. The van der Waals surface area contributed by atoms with E-state index in [-0.39, 0.29) is 23.8 Å². The van der Waals surface area contributed by atoms with E-state index in [9.17, 15) is 9.59 Å². The highest BCUT2D eigenvalue weighted by Gasteiger charge is 2.23. The number of aromatic nitrogens is 2. The Kier molecular flexibility index (Phi) is 11.5. The van der Waals surface area contributed by atoms with Gasteiger partial charge in [-0.15, -0.1) is 0 Å². The Morgan fingerprint density at radius 1 is 0.957 bits per heavy atom. The summed E-state index contributed by atoms with van der Waals surface area (Å²) in [6.45, 7) is 2.71. The second-order valence-corrected chi connectivity index (χ2v) is 11.5. The molecule has 2 aliphatic rings. The molecule has 2 fully saturated rings.